The number of carbonyl (C=O) groups excluding carboxylic acids is 1. The highest BCUT2D eigenvalue weighted by Gasteiger charge is 2.21. The number of fused-ring (bicyclic) bond motifs is 1. The summed E-state index contributed by atoms with van der Waals surface area (Å²) in [7, 11) is 0. The molecule has 0 saturated heterocycles. The third-order valence-corrected chi connectivity index (χ3v) is 3.19. The van der Waals surface area contributed by atoms with Crippen LogP contribution in [0.5, 0.6) is 0 Å². The minimum absolute atomic E-state index is 0.168. The summed E-state index contributed by atoms with van der Waals surface area (Å²) in [6, 6.07) is 9.53. The quantitative estimate of drug-likeness (QED) is 0.766. The van der Waals surface area contributed by atoms with Crippen molar-refractivity contribution in [3.8, 4) is 0 Å². The van der Waals surface area contributed by atoms with Crippen molar-refractivity contribution in [3.63, 3.8) is 0 Å². The average Bonchev–Trinajstić information content (AvgIpc) is 2.83. The number of amides is 1. The van der Waals surface area contributed by atoms with Crippen LogP contribution < -0.4 is 10.9 Å². The molecule has 0 aliphatic heterocycles. The van der Waals surface area contributed by atoms with Gasteiger partial charge in [-0.1, -0.05) is 30.3 Å². The van der Waals surface area contributed by atoms with E-state index in [1.54, 1.807) is 6.92 Å². The van der Waals surface area contributed by atoms with E-state index in [9.17, 15) is 9.59 Å². The SMILES string of the molecule is Cc1oc2nc[nH]c(=O)c2c1C(=O)NCc1ccccc1. The van der Waals surface area contributed by atoms with Crippen LogP contribution in [0.4, 0.5) is 0 Å². The first-order valence-electron chi connectivity index (χ1n) is 6.45. The second kappa shape index (κ2) is 5.24. The number of aromatic amines is 1. The molecule has 2 heterocycles. The lowest BCUT2D eigenvalue weighted by atomic mass is 10.1. The molecular formula is C15H13N3O3. The van der Waals surface area contributed by atoms with Crippen molar-refractivity contribution in [1.29, 1.82) is 0 Å². The molecule has 3 rings (SSSR count). The van der Waals surface area contributed by atoms with Crippen LogP contribution in [0, 0.1) is 6.92 Å². The molecule has 2 N–H and O–H groups in total. The van der Waals surface area contributed by atoms with Crippen molar-refractivity contribution < 1.29 is 9.21 Å². The topological polar surface area (TPSA) is 88.0 Å². The zero-order valence-electron chi connectivity index (χ0n) is 11.3. The first-order chi connectivity index (χ1) is 10.2. The number of aromatic nitrogens is 2. The first kappa shape index (κ1) is 13.1. The maximum atomic E-state index is 12.3. The Morgan fingerprint density at radius 3 is 2.86 bits per heavy atom. The summed E-state index contributed by atoms with van der Waals surface area (Å²) in [6.07, 6.45) is 1.25. The number of hydrogen-bond donors (Lipinski definition) is 2. The van der Waals surface area contributed by atoms with E-state index in [4.69, 9.17) is 4.42 Å². The Hall–Kier alpha value is -2.89. The van der Waals surface area contributed by atoms with Gasteiger partial charge < -0.3 is 14.7 Å². The number of benzene rings is 1. The molecule has 0 spiro atoms. The van der Waals surface area contributed by atoms with Gasteiger partial charge >= 0.3 is 0 Å². The zero-order chi connectivity index (χ0) is 14.8. The maximum absolute atomic E-state index is 12.3. The van der Waals surface area contributed by atoms with E-state index in [0.29, 0.717) is 12.3 Å². The highest BCUT2D eigenvalue weighted by Crippen LogP contribution is 2.20. The number of carbonyl (C=O) groups is 1. The van der Waals surface area contributed by atoms with Gasteiger partial charge in [0.2, 0.25) is 5.71 Å². The van der Waals surface area contributed by atoms with Crippen LogP contribution >= 0.6 is 0 Å². The van der Waals surface area contributed by atoms with Gasteiger partial charge in [0.25, 0.3) is 11.5 Å². The van der Waals surface area contributed by atoms with Crippen molar-refractivity contribution >= 4 is 17.0 Å². The van der Waals surface area contributed by atoms with Gasteiger partial charge in [0.15, 0.2) is 0 Å². The van der Waals surface area contributed by atoms with Gasteiger partial charge in [0.1, 0.15) is 11.1 Å². The van der Waals surface area contributed by atoms with E-state index >= 15 is 0 Å². The molecule has 6 nitrogen and oxygen atoms in total. The molecule has 1 amide bonds. The molecule has 0 fully saturated rings. The molecule has 0 saturated carbocycles. The molecule has 1 aromatic carbocycles. The monoisotopic (exact) mass is 283 g/mol. The van der Waals surface area contributed by atoms with Crippen molar-refractivity contribution in [2.45, 2.75) is 13.5 Å². The smallest absolute Gasteiger partial charge is 0.262 e. The van der Waals surface area contributed by atoms with Gasteiger partial charge in [-0.2, -0.15) is 0 Å². The Balaban J connectivity index is 1.92. The molecule has 0 unspecified atom stereocenters. The Labute approximate surface area is 119 Å². The largest absolute Gasteiger partial charge is 0.442 e. The van der Waals surface area contributed by atoms with Gasteiger partial charge in [-0.3, -0.25) is 9.59 Å². The van der Waals surface area contributed by atoms with Crippen LogP contribution in [0.2, 0.25) is 0 Å². The normalized spacial score (nSPS) is 10.7. The number of hydrogen-bond acceptors (Lipinski definition) is 4. The standard InChI is InChI=1S/C15H13N3O3/c1-9-11(12-14(20)17-8-18-15(12)21-9)13(19)16-7-10-5-3-2-4-6-10/h2-6,8H,7H2,1H3,(H,16,19)(H,17,18,20). The van der Waals surface area contributed by atoms with E-state index in [1.165, 1.54) is 6.33 Å². The summed E-state index contributed by atoms with van der Waals surface area (Å²) in [6.45, 7) is 2.02. The third-order valence-electron chi connectivity index (χ3n) is 3.19. The van der Waals surface area contributed by atoms with Gasteiger partial charge in [-0.15, -0.1) is 0 Å². The van der Waals surface area contributed by atoms with Crippen LogP contribution in [0.1, 0.15) is 21.7 Å². The minimum atomic E-state index is -0.387. The molecule has 0 atom stereocenters. The van der Waals surface area contributed by atoms with Gasteiger partial charge in [0.05, 0.1) is 11.9 Å². The van der Waals surface area contributed by atoms with E-state index < -0.39 is 0 Å². The summed E-state index contributed by atoms with van der Waals surface area (Å²) >= 11 is 0. The summed E-state index contributed by atoms with van der Waals surface area (Å²) in [5, 5.41) is 2.96. The zero-order valence-corrected chi connectivity index (χ0v) is 11.3. The minimum Gasteiger partial charge on any atom is -0.442 e. The number of aryl methyl sites for hydroxylation is 1. The lowest BCUT2D eigenvalue weighted by Gasteiger charge is -2.04. The number of nitrogens with zero attached hydrogens (tertiary/aromatic N) is 1. The third kappa shape index (κ3) is 2.43. The molecule has 0 aliphatic rings. The van der Waals surface area contributed by atoms with E-state index in [-0.39, 0.29) is 28.1 Å². The summed E-state index contributed by atoms with van der Waals surface area (Å²) in [5.41, 5.74) is 0.987. The Bertz CT molecular complexity index is 849. The first-order valence-corrected chi connectivity index (χ1v) is 6.45. The predicted molar refractivity (Wildman–Crippen MR) is 77.0 cm³/mol. The van der Waals surface area contributed by atoms with Gasteiger partial charge in [-0.25, -0.2) is 4.98 Å². The number of furan rings is 1. The van der Waals surface area contributed by atoms with Crippen molar-refractivity contribution in [2.75, 3.05) is 0 Å². The van der Waals surface area contributed by atoms with Crippen molar-refractivity contribution in [3.05, 3.63) is 63.9 Å². The highest BCUT2D eigenvalue weighted by atomic mass is 16.3. The number of rotatable bonds is 3. The van der Waals surface area contributed by atoms with Crippen molar-refractivity contribution in [2.24, 2.45) is 0 Å². The highest BCUT2D eigenvalue weighted by molar-refractivity contribution is 6.06. The lowest BCUT2D eigenvalue weighted by molar-refractivity contribution is 0.0950. The van der Waals surface area contributed by atoms with Crippen LogP contribution in [-0.2, 0) is 6.54 Å². The average molecular weight is 283 g/mol. The molecule has 106 valence electrons. The molecule has 0 bridgehead atoms. The van der Waals surface area contributed by atoms with Crippen LogP contribution in [0.25, 0.3) is 11.1 Å². The fourth-order valence-electron chi connectivity index (χ4n) is 2.19. The van der Waals surface area contributed by atoms with Gasteiger partial charge in [0, 0.05) is 6.54 Å². The van der Waals surface area contributed by atoms with E-state index in [0.717, 1.165) is 5.56 Å². The maximum Gasteiger partial charge on any atom is 0.262 e. The predicted octanol–water partition coefficient (Wildman–Crippen LogP) is 1.75. The number of H-pyrrole nitrogens is 1. The summed E-state index contributed by atoms with van der Waals surface area (Å²) in [5.74, 6) is 0.0216. The molecule has 2 aromatic heterocycles. The van der Waals surface area contributed by atoms with Crippen LogP contribution in [-0.4, -0.2) is 15.9 Å². The molecular weight excluding hydrogens is 270 g/mol. The molecule has 21 heavy (non-hydrogen) atoms. The molecule has 0 aliphatic carbocycles. The van der Waals surface area contributed by atoms with E-state index in [1.807, 2.05) is 30.3 Å². The van der Waals surface area contributed by atoms with E-state index in [2.05, 4.69) is 15.3 Å². The Morgan fingerprint density at radius 2 is 2.10 bits per heavy atom. The van der Waals surface area contributed by atoms with Crippen molar-refractivity contribution in [1.82, 2.24) is 15.3 Å². The summed E-state index contributed by atoms with van der Waals surface area (Å²) in [4.78, 5) is 30.5. The number of nitrogens with one attached hydrogen (secondary N) is 2. The molecule has 0 radical (unpaired) electrons. The summed E-state index contributed by atoms with van der Waals surface area (Å²) < 4.78 is 5.36. The molecule has 3 aromatic rings. The second-order valence-corrected chi connectivity index (χ2v) is 4.61. The van der Waals surface area contributed by atoms with Crippen LogP contribution in [0.15, 0.2) is 45.9 Å². The second-order valence-electron chi connectivity index (χ2n) is 4.61. The fourth-order valence-corrected chi connectivity index (χ4v) is 2.19. The lowest BCUT2D eigenvalue weighted by Crippen LogP contribution is -2.24. The fraction of sp³-hybridized carbons (Fsp3) is 0.133. The van der Waals surface area contributed by atoms with Gasteiger partial charge in [-0.05, 0) is 12.5 Å². The molecule has 6 heteroatoms. The Morgan fingerprint density at radius 1 is 1.33 bits per heavy atom. The Kier molecular flexibility index (Phi) is 3.27. The van der Waals surface area contributed by atoms with Crippen LogP contribution in [0.3, 0.4) is 0 Å².